The number of hydrogen-bond donors (Lipinski definition) is 2. The van der Waals surface area contributed by atoms with Crippen molar-refractivity contribution in [2.75, 3.05) is 19.4 Å². The number of carbonyl (C=O) groups excluding carboxylic acids is 1. The molecule has 0 atom stereocenters. The summed E-state index contributed by atoms with van der Waals surface area (Å²) in [6, 6.07) is 7.29. The van der Waals surface area contributed by atoms with Crippen molar-refractivity contribution in [3.63, 3.8) is 0 Å². The molecule has 0 aliphatic carbocycles. The summed E-state index contributed by atoms with van der Waals surface area (Å²) >= 11 is 0. The van der Waals surface area contributed by atoms with E-state index >= 15 is 0 Å². The predicted octanol–water partition coefficient (Wildman–Crippen LogP) is 0.251. The molecule has 1 aromatic carbocycles. The Hall–Kier alpha value is -1.60. The molecule has 0 fully saturated rings. The molecule has 0 heterocycles. The maximum absolute atomic E-state index is 11.5. The normalized spacial score (nSPS) is 11.1. The summed E-state index contributed by atoms with van der Waals surface area (Å²) in [6.45, 7) is 1.54. The van der Waals surface area contributed by atoms with Crippen molar-refractivity contribution in [1.82, 2.24) is 10.0 Å². The van der Waals surface area contributed by atoms with Crippen LogP contribution in [0.4, 0.5) is 0 Å². The Kier molecular flexibility index (Phi) is 5.78. The number of methoxy groups -OCH3 is 1. The fraction of sp³-hybridized carbons (Fsp3) is 0.417. The number of amides is 1. The van der Waals surface area contributed by atoms with Gasteiger partial charge in [-0.25, -0.2) is 13.1 Å². The highest BCUT2D eigenvalue weighted by Gasteiger charge is 2.10. The van der Waals surface area contributed by atoms with E-state index in [4.69, 9.17) is 4.74 Å². The molecule has 0 saturated carbocycles. The second-order valence-corrected chi connectivity index (χ2v) is 5.91. The third-order valence-corrected chi connectivity index (χ3v) is 3.85. The first-order chi connectivity index (χ1) is 8.98. The van der Waals surface area contributed by atoms with Crippen LogP contribution in [0, 0.1) is 0 Å². The Bertz CT molecular complexity index is 528. The second-order valence-electron chi connectivity index (χ2n) is 3.81. The van der Waals surface area contributed by atoms with E-state index in [0.29, 0.717) is 5.75 Å². The van der Waals surface area contributed by atoms with Crippen molar-refractivity contribution >= 4 is 15.9 Å². The van der Waals surface area contributed by atoms with E-state index in [-0.39, 0.29) is 24.7 Å². The number of para-hydroxylation sites is 1. The molecule has 1 amide bonds. The summed E-state index contributed by atoms with van der Waals surface area (Å²) < 4.78 is 29.7. The van der Waals surface area contributed by atoms with Crippen LogP contribution in [-0.2, 0) is 21.4 Å². The summed E-state index contributed by atoms with van der Waals surface area (Å²) in [7, 11) is -1.79. The number of carbonyl (C=O) groups is 1. The van der Waals surface area contributed by atoms with Crippen molar-refractivity contribution in [2.45, 2.75) is 13.5 Å². The monoisotopic (exact) mass is 286 g/mol. The minimum atomic E-state index is -3.35. The van der Waals surface area contributed by atoms with Crippen molar-refractivity contribution in [3.8, 4) is 5.75 Å². The first-order valence-corrected chi connectivity index (χ1v) is 7.49. The molecule has 7 heteroatoms. The molecule has 1 aromatic rings. The fourth-order valence-corrected chi connectivity index (χ4v) is 1.94. The number of nitrogens with one attached hydrogen (secondary N) is 2. The molecule has 6 nitrogen and oxygen atoms in total. The Morgan fingerprint density at radius 3 is 2.63 bits per heavy atom. The highest BCUT2D eigenvalue weighted by atomic mass is 32.2. The maximum Gasteiger partial charge on any atom is 0.235 e. The average Bonchev–Trinajstić information content (AvgIpc) is 2.43. The number of sulfonamides is 1. The molecule has 106 valence electrons. The van der Waals surface area contributed by atoms with Crippen LogP contribution in [0.3, 0.4) is 0 Å². The van der Waals surface area contributed by atoms with Gasteiger partial charge in [0.25, 0.3) is 0 Å². The lowest BCUT2D eigenvalue weighted by atomic mass is 10.2. The van der Waals surface area contributed by atoms with Gasteiger partial charge in [0.1, 0.15) is 5.75 Å². The van der Waals surface area contributed by atoms with Gasteiger partial charge in [-0.2, -0.15) is 0 Å². The van der Waals surface area contributed by atoms with E-state index in [0.717, 1.165) is 5.56 Å². The zero-order valence-corrected chi connectivity index (χ0v) is 11.8. The van der Waals surface area contributed by atoms with Crippen LogP contribution in [0.1, 0.15) is 12.5 Å². The Balaban J connectivity index is 2.46. The van der Waals surface area contributed by atoms with Gasteiger partial charge in [0, 0.05) is 12.1 Å². The molecule has 0 aromatic heterocycles. The quantitative estimate of drug-likeness (QED) is 0.752. The van der Waals surface area contributed by atoms with Gasteiger partial charge in [0.15, 0.2) is 0 Å². The molecule has 0 spiro atoms. The molecular formula is C12H18N2O4S. The number of benzene rings is 1. The van der Waals surface area contributed by atoms with Crippen molar-refractivity contribution < 1.29 is 17.9 Å². The lowest BCUT2D eigenvalue weighted by molar-refractivity contribution is -0.120. The highest BCUT2D eigenvalue weighted by Crippen LogP contribution is 2.16. The standard InChI is InChI=1S/C12H18N2O4S/c1-3-19(16,17)14-9-12(15)13-8-10-6-4-5-7-11(10)18-2/h4-7,14H,3,8-9H2,1-2H3,(H,13,15). The molecular weight excluding hydrogens is 268 g/mol. The van der Waals surface area contributed by atoms with Crippen LogP contribution in [0.2, 0.25) is 0 Å². The first-order valence-electron chi connectivity index (χ1n) is 5.84. The molecule has 19 heavy (non-hydrogen) atoms. The number of ether oxygens (including phenoxy) is 1. The minimum Gasteiger partial charge on any atom is -0.496 e. The Morgan fingerprint density at radius 1 is 1.32 bits per heavy atom. The largest absolute Gasteiger partial charge is 0.496 e. The molecule has 2 N–H and O–H groups in total. The van der Waals surface area contributed by atoms with Gasteiger partial charge in [-0.05, 0) is 13.0 Å². The minimum absolute atomic E-state index is 0.0488. The van der Waals surface area contributed by atoms with Crippen LogP contribution in [0.25, 0.3) is 0 Å². The molecule has 1 rings (SSSR count). The average molecular weight is 286 g/mol. The first kappa shape index (κ1) is 15.5. The Labute approximate surface area is 113 Å². The Morgan fingerprint density at radius 2 is 2.00 bits per heavy atom. The molecule has 0 saturated heterocycles. The lowest BCUT2D eigenvalue weighted by Crippen LogP contribution is -2.37. The lowest BCUT2D eigenvalue weighted by Gasteiger charge is -2.09. The maximum atomic E-state index is 11.5. The van der Waals surface area contributed by atoms with Crippen molar-refractivity contribution in [2.24, 2.45) is 0 Å². The number of rotatable bonds is 7. The van der Waals surface area contributed by atoms with Gasteiger partial charge >= 0.3 is 0 Å². The van der Waals surface area contributed by atoms with Gasteiger partial charge in [-0.1, -0.05) is 18.2 Å². The molecule has 0 radical (unpaired) electrons. The summed E-state index contributed by atoms with van der Waals surface area (Å²) in [5.74, 6) is 0.243. The van der Waals surface area contributed by atoms with Crippen molar-refractivity contribution in [3.05, 3.63) is 29.8 Å². The fourth-order valence-electron chi connectivity index (χ4n) is 1.38. The molecule has 0 bridgehead atoms. The van der Waals surface area contributed by atoms with Crippen LogP contribution in [0.5, 0.6) is 5.75 Å². The van der Waals surface area contributed by atoms with Crippen LogP contribution in [-0.4, -0.2) is 33.7 Å². The smallest absolute Gasteiger partial charge is 0.235 e. The molecule has 0 aliphatic heterocycles. The summed E-state index contributed by atoms with van der Waals surface area (Å²) in [4.78, 5) is 11.5. The van der Waals surface area contributed by atoms with E-state index in [1.54, 1.807) is 13.2 Å². The summed E-state index contributed by atoms with van der Waals surface area (Å²) in [5.41, 5.74) is 0.830. The summed E-state index contributed by atoms with van der Waals surface area (Å²) in [6.07, 6.45) is 0. The zero-order chi connectivity index (χ0) is 14.3. The topological polar surface area (TPSA) is 84.5 Å². The van der Waals surface area contributed by atoms with Gasteiger partial charge in [-0.3, -0.25) is 4.79 Å². The van der Waals surface area contributed by atoms with Crippen molar-refractivity contribution in [1.29, 1.82) is 0 Å². The van der Waals surface area contributed by atoms with E-state index < -0.39 is 10.0 Å². The van der Waals surface area contributed by atoms with Crippen LogP contribution in [0.15, 0.2) is 24.3 Å². The molecule has 0 aliphatic rings. The SMILES string of the molecule is CCS(=O)(=O)NCC(=O)NCc1ccccc1OC. The predicted molar refractivity (Wildman–Crippen MR) is 72.3 cm³/mol. The van der Waals surface area contributed by atoms with Gasteiger partial charge < -0.3 is 10.1 Å². The summed E-state index contributed by atoms with van der Waals surface area (Å²) in [5, 5.41) is 2.62. The van der Waals surface area contributed by atoms with E-state index in [1.165, 1.54) is 6.92 Å². The second kappa shape index (κ2) is 7.10. The third-order valence-electron chi connectivity index (χ3n) is 2.50. The van der Waals surface area contributed by atoms with Crippen LogP contribution >= 0.6 is 0 Å². The highest BCUT2D eigenvalue weighted by molar-refractivity contribution is 7.89. The zero-order valence-electron chi connectivity index (χ0n) is 11.0. The molecule has 0 unspecified atom stereocenters. The third kappa shape index (κ3) is 5.27. The van der Waals surface area contributed by atoms with Gasteiger partial charge in [0.05, 0.1) is 19.4 Å². The number of hydrogen-bond acceptors (Lipinski definition) is 4. The van der Waals surface area contributed by atoms with E-state index in [1.807, 2.05) is 18.2 Å². The van der Waals surface area contributed by atoms with E-state index in [9.17, 15) is 13.2 Å². The van der Waals surface area contributed by atoms with Crippen LogP contribution < -0.4 is 14.8 Å². The van der Waals surface area contributed by atoms with Gasteiger partial charge in [-0.15, -0.1) is 0 Å². The van der Waals surface area contributed by atoms with E-state index in [2.05, 4.69) is 10.0 Å². The van der Waals surface area contributed by atoms with Gasteiger partial charge in [0.2, 0.25) is 15.9 Å².